The first-order valence-electron chi connectivity index (χ1n) is 3.72. The molecule has 0 amide bonds. The molecule has 0 saturated heterocycles. The smallest absolute Gasteiger partial charge is 0.0551 e. The van der Waals surface area contributed by atoms with Crippen molar-refractivity contribution < 1.29 is 0 Å². The second-order valence-corrected chi connectivity index (χ2v) is 3.96. The first kappa shape index (κ1) is 9.82. The van der Waals surface area contributed by atoms with Crippen molar-refractivity contribution in [3.05, 3.63) is 45.9 Å². The predicted octanol–water partition coefficient (Wildman–Crippen LogP) is 4.39. The summed E-state index contributed by atoms with van der Waals surface area (Å²) in [5.74, 6) is 0.357. The molecular formula is C10H10BrCl. The van der Waals surface area contributed by atoms with Crippen LogP contribution in [0.5, 0.6) is 0 Å². The molecule has 1 rings (SSSR count). The van der Waals surface area contributed by atoms with E-state index < -0.39 is 0 Å². The van der Waals surface area contributed by atoms with Gasteiger partial charge in [0.25, 0.3) is 0 Å². The van der Waals surface area contributed by atoms with Crippen molar-refractivity contribution in [2.45, 2.75) is 12.8 Å². The van der Waals surface area contributed by atoms with Crippen LogP contribution < -0.4 is 0 Å². The molecule has 0 aliphatic carbocycles. The molecule has 0 aromatic heterocycles. The SMILES string of the molecule is C=CC(C)c1ccc(Br)c(Cl)c1. The quantitative estimate of drug-likeness (QED) is 0.678. The highest BCUT2D eigenvalue weighted by Crippen LogP contribution is 2.26. The third-order valence-corrected chi connectivity index (χ3v) is 3.06. The minimum atomic E-state index is 0.357. The Morgan fingerprint density at radius 2 is 2.25 bits per heavy atom. The average Bonchev–Trinajstić information content (AvgIpc) is 2.08. The van der Waals surface area contributed by atoms with E-state index in [4.69, 9.17) is 11.6 Å². The Balaban J connectivity index is 3.04. The highest BCUT2D eigenvalue weighted by molar-refractivity contribution is 9.10. The lowest BCUT2D eigenvalue weighted by Gasteiger charge is -2.06. The first-order chi connectivity index (χ1) is 5.65. The van der Waals surface area contributed by atoms with Crippen LogP contribution in [-0.2, 0) is 0 Å². The fourth-order valence-electron chi connectivity index (χ4n) is 0.932. The number of rotatable bonds is 2. The van der Waals surface area contributed by atoms with E-state index >= 15 is 0 Å². The van der Waals surface area contributed by atoms with Gasteiger partial charge in [-0.25, -0.2) is 0 Å². The average molecular weight is 246 g/mol. The van der Waals surface area contributed by atoms with Crippen LogP contribution in [0.3, 0.4) is 0 Å². The van der Waals surface area contributed by atoms with E-state index in [0.29, 0.717) is 5.92 Å². The minimum Gasteiger partial charge on any atom is -0.102 e. The monoisotopic (exact) mass is 244 g/mol. The van der Waals surface area contributed by atoms with E-state index in [0.717, 1.165) is 9.50 Å². The van der Waals surface area contributed by atoms with Gasteiger partial charge in [-0.2, -0.15) is 0 Å². The standard InChI is InChI=1S/C10H10BrCl/c1-3-7(2)8-4-5-9(11)10(12)6-8/h3-7H,1H2,2H3. The van der Waals surface area contributed by atoms with Crippen molar-refractivity contribution in [3.63, 3.8) is 0 Å². The fourth-order valence-corrected chi connectivity index (χ4v) is 1.37. The van der Waals surface area contributed by atoms with Gasteiger partial charge in [0.05, 0.1) is 5.02 Å². The van der Waals surface area contributed by atoms with Crippen LogP contribution in [0.1, 0.15) is 18.4 Å². The van der Waals surface area contributed by atoms with Gasteiger partial charge in [-0.05, 0) is 39.5 Å². The van der Waals surface area contributed by atoms with Crippen molar-refractivity contribution in [2.75, 3.05) is 0 Å². The van der Waals surface area contributed by atoms with Gasteiger partial charge in [-0.15, -0.1) is 6.58 Å². The van der Waals surface area contributed by atoms with Gasteiger partial charge in [0.15, 0.2) is 0 Å². The molecule has 0 bridgehead atoms. The first-order valence-corrected chi connectivity index (χ1v) is 4.89. The summed E-state index contributed by atoms with van der Waals surface area (Å²) in [6, 6.07) is 5.96. The molecule has 1 aromatic rings. The second-order valence-electron chi connectivity index (χ2n) is 2.70. The molecule has 1 aromatic carbocycles. The summed E-state index contributed by atoms with van der Waals surface area (Å²) < 4.78 is 0.934. The lowest BCUT2D eigenvalue weighted by molar-refractivity contribution is 0.971. The lowest BCUT2D eigenvalue weighted by atomic mass is 10.0. The van der Waals surface area contributed by atoms with E-state index in [1.54, 1.807) is 0 Å². The summed E-state index contributed by atoms with van der Waals surface area (Å²) in [4.78, 5) is 0. The van der Waals surface area contributed by atoms with Crippen LogP contribution in [0.15, 0.2) is 35.3 Å². The largest absolute Gasteiger partial charge is 0.102 e. The summed E-state index contributed by atoms with van der Waals surface area (Å²) in [6.07, 6.45) is 1.90. The van der Waals surface area contributed by atoms with Gasteiger partial charge in [0.1, 0.15) is 0 Å². The molecule has 0 heterocycles. The summed E-state index contributed by atoms with van der Waals surface area (Å²) >= 11 is 9.28. The Morgan fingerprint density at radius 3 is 2.75 bits per heavy atom. The third kappa shape index (κ3) is 2.11. The number of benzene rings is 1. The zero-order chi connectivity index (χ0) is 9.14. The molecule has 0 fully saturated rings. The Morgan fingerprint density at radius 1 is 1.58 bits per heavy atom. The van der Waals surface area contributed by atoms with Crippen molar-refractivity contribution >= 4 is 27.5 Å². The Labute approximate surface area is 86.4 Å². The number of hydrogen-bond acceptors (Lipinski definition) is 0. The van der Waals surface area contributed by atoms with E-state index in [9.17, 15) is 0 Å². The third-order valence-electron chi connectivity index (χ3n) is 1.82. The van der Waals surface area contributed by atoms with Gasteiger partial charge >= 0.3 is 0 Å². The molecule has 2 heteroatoms. The van der Waals surface area contributed by atoms with E-state index in [1.807, 2.05) is 24.3 Å². The van der Waals surface area contributed by atoms with Crippen LogP contribution in [-0.4, -0.2) is 0 Å². The van der Waals surface area contributed by atoms with Crippen LogP contribution in [0.4, 0.5) is 0 Å². The Hall–Kier alpha value is -0.270. The Kier molecular flexibility index (Phi) is 3.36. The van der Waals surface area contributed by atoms with Gasteiger partial charge in [0, 0.05) is 4.47 Å². The zero-order valence-electron chi connectivity index (χ0n) is 6.85. The number of allylic oxidation sites excluding steroid dienone is 1. The predicted molar refractivity (Wildman–Crippen MR) is 57.8 cm³/mol. The van der Waals surface area contributed by atoms with Gasteiger partial charge in [-0.3, -0.25) is 0 Å². The number of hydrogen-bond donors (Lipinski definition) is 0. The highest BCUT2D eigenvalue weighted by atomic mass is 79.9. The van der Waals surface area contributed by atoms with Crippen LogP contribution in [0.25, 0.3) is 0 Å². The molecule has 0 nitrogen and oxygen atoms in total. The number of halogens is 2. The fraction of sp³-hybridized carbons (Fsp3) is 0.200. The molecule has 12 heavy (non-hydrogen) atoms. The summed E-state index contributed by atoms with van der Waals surface area (Å²) in [5, 5.41) is 0.751. The summed E-state index contributed by atoms with van der Waals surface area (Å²) in [6.45, 7) is 5.82. The molecular weight excluding hydrogens is 235 g/mol. The zero-order valence-corrected chi connectivity index (χ0v) is 9.19. The van der Waals surface area contributed by atoms with Crippen LogP contribution >= 0.6 is 27.5 Å². The van der Waals surface area contributed by atoms with Crippen molar-refractivity contribution in [1.82, 2.24) is 0 Å². The lowest BCUT2D eigenvalue weighted by Crippen LogP contribution is -1.87. The van der Waals surface area contributed by atoms with E-state index in [2.05, 4.69) is 29.4 Å². The highest BCUT2D eigenvalue weighted by Gasteiger charge is 2.02. The normalized spacial score (nSPS) is 12.6. The molecule has 0 aliphatic heterocycles. The van der Waals surface area contributed by atoms with E-state index in [1.165, 1.54) is 5.56 Å². The molecule has 0 spiro atoms. The van der Waals surface area contributed by atoms with Crippen LogP contribution in [0, 0.1) is 0 Å². The molecule has 64 valence electrons. The van der Waals surface area contributed by atoms with Gasteiger partial charge in [-0.1, -0.05) is 30.7 Å². The minimum absolute atomic E-state index is 0.357. The topological polar surface area (TPSA) is 0 Å². The summed E-state index contributed by atoms with van der Waals surface area (Å²) in [7, 11) is 0. The van der Waals surface area contributed by atoms with Crippen molar-refractivity contribution in [3.8, 4) is 0 Å². The molecule has 0 N–H and O–H groups in total. The molecule has 0 aliphatic rings. The maximum atomic E-state index is 5.93. The van der Waals surface area contributed by atoms with Crippen LogP contribution in [0.2, 0.25) is 5.02 Å². The summed E-state index contributed by atoms with van der Waals surface area (Å²) in [5.41, 5.74) is 1.19. The maximum Gasteiger partial charge on any atom is 0.0551 e. The molecule has 0 radical (unpaired) electrons. The maximum absolute atomic E-state index is 5.93. The van der Waals surface area contributed by atoms with Gasteiger partial charge < -0.3 is 0 Å². The molecule has 1 atom stereocenters. The van der Waals surface area contributed by atoms with Crippen molar-refractivity contribution in [1.29, 1.82) is 0 Å². The van der Waals surface area contributed by atoms with Gasteiger partial charge in [0.2, 0.25) is 0 Å². The van der Waals surface area contributed by atoms with E-state index in [-0.39, 0.29) is 0 Å². The van der Waals surface area contributed by atoms with Crippen molar-refractivity contribution in [2.24, 2.45) is 0 Å². The molecule has 0 saturated carbocycles. The second kappa shape index (κ2) is 4.11. The molecule has 1 unspecified atom stereocenters. The Bertz CT molecular complexity index is 294.